The van der Waals surface area contributed by atoms with Crippen LogP contribution in [0.4, 0.5) is 0 Å². The molecule has 0 bridgehead atoms. The Bertz CT molecular complexity index is 329. The van der Waals surface area contributed by atoms with Gasteiger partial charge in [0.15, 0.2) is 0 Å². The van der Waals surface area contributed by atoms with Crippen molar-refractivity contribution < 1.29 is 9.90 Å². The predicted molar refractivity (Wildman–Crippen MR) is 55.7 cm³/mol. The van der Waals surface area contributed by atoms with Gasteiger partial charge in [-0.3, -0.25) is 4.79 Å². The first-order chi connectivity index (χ1) is 7.13. The van der Waals surface area contributed by atoms with Crippen LogP contribution in [0.5, 0.6) is 0 Å². The molecule has 6 heteroatoms. The highest BCUT2D eigenvalue weighted by Crippen LogP contribution is 2.01. The van der Waals surface area contributed by atoms with Crippen LogP contribution in [-0.2, 0) is 0 Å². The summed E-state index contributed by atoms with van der Waals surface area (Å²) in [6.45, 7) is 1.84. The van der Waals surface area contributed by atoms with Crippen molar-refractivity contribution in [3.05, 3.63) is 23.2 Å². The molecule has 82 valence electrons. The van der Waals surface area contributed by atoms with Crippen molar-refractivity contribution in [1.82, 2.24) is 15.3 Å². The predicted octanol–water partition coefficient (Wildman–Crippen LogP) is 0.631. The molecule has 0 unspecified atom stereocenters. The Morgan fingerprint density at radius 3 is 2.87 bits per heavy atom. The summed E-state index contributed by atoms with van der Waals surface area (Å²) in [5.74, 6) is -0.319. The van der Waals surface area contributed by atoms with E-state index in [0.717, 1.165) is 0 Å². The molecule has 1 aromatic rings. The highest BCUT2D eigenvalue weighted by Gasteiger charge is 2.10. The quantitative estimate of drug-likeness (QED) is 0.794. The normalized spacial score (nSPS) is 12.2. The molecule has 2 N–H and O–H groups in total. The van der Waals surface area contributed by atoms with E-state index >= 15 is 0 Å². The molecule has 15 heavy (non-hydrogen) atoms. The van der Waals surface area contributed by atoms with Crippen molar-refractivity contribution in [2.45, 2.75) is 19.4 Å². The second-order valence-corrected chi connectivity index (χ2v) is 3.50. The van der Waals surface area contributed by atoms with Crippen molar-refractivity contribution in [3.63, 3.8) is 0 Å². The molecule has 0 aromatic carbocycles. The van der Waals surface area contributed by atoms with Gasteiger partial charge in [-0.15, -0.1) is 0 Å². The number of amides is 1. The molecule has 0 fully saturated rings. The van der Waals surface area contributed by atoms with Gasteiger partial charge in [0.25, 0.3) is 5.91 Å². The Kier molecular flexibility index (Phi) is 4.45. The van der Waals surface area contributed by atoms with Crippen molar-refractivity contribution in [2.24, 2.45) is 0 Å². The minimum Gasteiger partial charge on any atom is -0.396 e. The largest absolute Gasteiger partial charge is 0.396 e. The number of hydrogen-bond donors (Lipinski definition) is 2. The first-order valence-electron chi connectivity index (χ1n) is 4.52. The molecule has 1 atom stereocenters. The van der Waals surface area contributed by atoms with E-state index < -0.39 is 0 Å². The van der Waals surface area contributed by atoms with Gasteiger partial charge in [-0.25, -0.2) is 9.97 Å². The zero-order chi connectivity index (χ0) is 11.3. The minimum atomic E-state index is -0.319. The number of aromatic nitrogens is 2. The number of carbonyl (C=O) groups excluding carboxylic acids is 1. The van der Waals surface area contributed by atoms with Gasteiger partial charge >= 0.3 is 0 Å². The summed E-state index contributed by atoms with van der Waals surface area (Å²) in [6.07, 6.45) is 3.13. The second-order valence-electron chi connectivity index (χ2n) is 3.11. The summed E-state index contributed by atoms with van der Waals surface area (Å²) in [5, 5.41) is 11.6. The molecule has 5 nitrogen and oxygen atoms in total. The highest BCUT2D eigenvalue weighted by molar-refractivity contribution is 6.29. The fourth-order valence-electron chi connectivity index (χ4n) is 0.993. The maximum absolute atomic E-state index is 11.5. The lowest BCUT2D eigenvalue weighted by molar-refractivity contribution is 0.0929. The number of rotatable bonds is 4. The lowest BCUT2D eigenvalue weighted by atomic mass is 10.2. The molecule has 1 rings (SSSR count). The SMILES string of the molecule is C[C@H](CCO)NC(=O)c1cnc(Cl)cn1. The minimum absolute atomic E-state index is 0.0355. The van der Waals surface area contributed by atoms with E-state index in [1.165, 1.54) is 12.4 Å². The van der Waals surface area contributed by atoms with Gasteiger partial charge in [0.2, 0.25) is 0 Å². The van der Waals surface area contributed by atoms with Crippen molar-refractivity contribution >= 4 is 17.5 Å². The van der Waals surface area contributed by atoms with Crippen molar-refractivity contribution in [1.29, 1.82) is 0 Å². The van der Waals surface area contributed by atoms with Crippen LogP contribution in [0.1, 0.15) is 23.8 Å². The van der Waals surface area contributed by atoms with E-state index in [1.807, 2.05) is 0 Å². The van der Waals surface area contributed by atoms with E-state index in [1.54, 1.807) is 6.92 Å². The molecule has 0 aliphatic heterocycles. The Morgan fingerprint density at radius 2 is 2.33 bits per heavy atom. The molecule has 0 radical (unpaired) electrons. The van der Waals surface area contributed by atoms with Crippen LogP contribution >= 0.6 is 11.6 Å². The third-order valence-corrected chi connectivity index (χ3v) is 1.99. The molecule has 1 heterocycles. The van der Waals surface area contributed by atoms with E-state index in [-0.39, 0.29) is 29.4 Å². The third-order valence-electron chi connectivity index (χ3n) is 1.79. The first kappa shape index (κ1) is 11.9. The van der Waals surface area contributed by atoms with Crippen LogP contribution in [0.25, 0.3) is 0 Å². The Hall–Kier alpha value is -1.20. The molecular formula is C9H12ClN3O2. The first-order valence-corrected chi connectivity index (χ1v) is 4.90. The summed E-state index contributed by atoms with van der Waals surface area (Å²) in [4.78, 5) is 19.1. The number of carbonyl (C=O) groups is 1. The van der Waals surface area contributed by atoms with Crippen molar-refractivity contribution in [3.8, 4) is 0 Å². The van der Waals surface area contributed by atoms with E-state index in [0.29, 0.717) is 6.42 Å². The number of hydrogen-bond acceptors (Lipinski definition) is 4. The molecule has 1 amide bonds. The molecule has 0 saturated carbocycles. The average molecular weight is 230 g/mol. The maximum Gasteiger partial charge on any atom is 0.271 e. The van der Waals surface area contributed by atoms with Gasteiger partial charge in [-0.05, 0) is 13.3 Å². The molecule has 0 saturated heterocycles. The van der Waals surface area contributed by atoms with Crippen molar-refractivity contribution in [2.75, 3.05) is 6.61 Å². The van der Waals surface area contributed by atoms with Crippen LogP contribution < -0.4 is 5.32 Å². The zero-order valence-electron chi connectivity index (χ0n) is 8.27. The summed E-state index contributed by atoms with van der Waals surface area (Å²) < 4.78 is 0. The lowest BCUT2D eigenvalue weighted by Crippen LogP contribution is -2.33. The van der Waals surface area contributed by atoms with Crippen LogP contribution in [0.2, 0.25) is 5.15 Å². The van der Waals surface area contributed by atoms with Gasteiger partial charge < -0.3 is 10.4 Å². The van der Waals surface area contributed by atoms with Crippen LogP contribution in [0.15, 0.2) is 12.4 Å². The maximum atomic E-state index is 11.5. The number of halogens is 1. The van der Waals surface area contributed by atoms with E-state index in [2.05, 4.69) is 15.3 Å². The second kappa shape index (κ2) is 5.63. The number of aliphatic hydroxyl groups is 1. The number of aliphatic hydroxyl groups excluding tert-OH is 1. The highest BCUT2D eigenvalue weighted by atomic mass is 35.5. The molecule has 0 spiro atoms. The van der Waals surface area contributed by atoms with Crippen LogP contribution in [-0.4, -0.2) is 33.6 Å². The topological polar surface area (TPSA) is 75.1 Å². The summed E-state index contributed by atoms with van der Waals surface area (Å²) in [5.41, 5.74) is 0.212. The van der Waals surface area contributed by atoms with Gasteiger partial charge in [-0.2, -0.15) is 0 Å². The summed E-state index contributed by atoms with van der Waals surface area (Å²) in [6, 6.07) is -0.0972. The average Bonchev–Trinajstić information content (AvgIpc) is 2.18. The fourth-order valence-corrected chi connectivity index (χ4v) is 1.09. The lowest BCUT2D eigenvalue weighted by Gasteiger charge is -2.11. The molecular weight excluding hydrogens is 218 g/mol. The molecule has 0 aliphatic carbocycles. The van der Waals surface area contributed by atoms with E-state index in [4.69, 9.17) is 16.7 Å². The van der Waals surface area contributed by atoms with Crippen LogP contribution in [0.3, 0.4) is 0 Å². The van der Waals surface area contributed by atoms with Gasteiger partial charge in [-0.1, -0.05) is 11.6 Å². The molecule has 0 aliphatic rings. The van der Waals surface area contributed by atoms with Gasteiger partial charge in [0.05, 0.1) is 12.4 Å². The fraction of sp³-hybridized carbons (Fsp3) is 0.444. The Morgan fingerprint density at radius 1 is 1.60 bits per heavy atom. The zero-order valence-corrected chi connectivity index (χ0v) is 9.03. The third kappa shape index (κ3) is 3.81. The number of nitrogens with zero attached hydrogens (tertiary/aromatic N) is 2. The number of nitrogens with one attached hydrogen (secondary N) is 1. The summed E-state index contributed by atoms with van der Waals surface area (Å²) >= 11 is 5.53. The smallest absolute Gasteiger partial charge is 0.271 e. The van der Waals surface area contributed by atoms with E-state index in [9.17, 15) is 4.79 Å². The Balaban J connectivity index is 2.57. The standard InChI is InChI=1S/C9H12ClN3O2/c1-6(2-3-14)13-9(15)7-4-12-8(10)5-11-7/h4-6,14H,2-3H2,1H3,(H,13,15)/t6-/m1/s1. The van der Waals surface area contributed by atoms with Crippen LogP contribution in [0, 0.1) is 0 Å². The molecule has 1 aromatic heterocycles. The van der Waals surface area contributed by atoms with Gasteiger partial charge in [0, 0.05) is 12.6 Å². The monoisotopic (exact) mass is 229 g/mol. The van der Waals surface area contributed by atoms with Gasteiger partial charge in [0.1, 0.15) is 10.8 Å². The Labute approximate surface area is 92.5 Å². The summed E-state index contributed by atoms with van der Waals surface area (Å²) in [7, 11) is 0.